The number of hydrogen-bond donors (Lipinski definition) is 2. The van der Waals surface area contributed by atoms with Gasteiger partial charge in [-0.25, -0.2) is 0 Å². The topological polar surface area (TPSA) is 85.9 Å². The Balaban J connectivity index is 1.59. The van der Waals surface area contributed by atoms with Crippen LogP contribution >= 0.6 is 0 Å². The van der Waals surface area contributed by atoms with Crippen molar-refractivity contribution < 1.29 is 14.3 Å². The molecule has 0 spiro atoms. The lowest BCUT2D eigenvalue weighted by Gasteiger charge is -2.07. The first kappa shape index (κ1) is 19.3. The van der Waals surface area contributed by atoms with Gasteiger partial charge >= 0.3 is 5.97 Å². The van der Waals surface area contributed by atoms with Crippen LogP contribution in [0.2, 0.25) is 0 Å². The Morgan fingerprint density at radius 2 is 1.81 bits per heavy atom. The van der Waals surface area contributed by atoms with Crippen molar-refractivity contribution in [2.45, 2.75) is 25.9 Å². The number of hydrogen-bond acceptors (Lipinski definition) is 4. The molecule has 0 amide bonds. The van der Waals surface area contributed by atoms with Gasteiger partial charge in [0, 0.05) is 18.7 Å². The summed E-state index contributed by atoms with van der Waals surface area (Å²) in [7, 11) is 1.62. The van der Waals surface area contributed by atoms with E-state index in [2.05, 4.69) is 10.3 Å². The van der Waals surface area contributed by atoms with Crippen LogP contribution in [0.3, 0.4) is 0 Å². The predicted octanol–water partition coefficient (Wildman–Crippen LogP) is 3.34. The molecule has 0 aliphatic heterocycles. The van der Waals surface area contributed by atoms with Crippen molar-refractivity contribution >= 4 is 17.6 Å². The van der Waals surface area contributed by atoms with Gasteiger partial charge < -0.3 is 20.5 Å². The number of nitrogens with two attached hydrogens (primary N) is 1. The molecule has 2 rings (SSSR count). The minimum absolute atomic E-state index is 0.192. The summed E-state index contributed by atoms with van der Waals surface area (Å²) >= 11 is 0. The minimum Gasteiger partial charge on any atom is -0.497 e. The zero-order valence-electron chi connectivity index (χ0n) is 15.0. The van der Waals surface area contributed by atoms with Crippen molar-refractivity contribution in [1.29, 1.82) is 0 Å². The average Bonchev–Trinajstić information content (AvgIpc) is 2.67. The van der Waals surface area contributed by atoms with Gasteiger partial charge in [-0.15, -0.1) is 0 Å². The molecule has 0 bridgehead atoms. The van der Waals surface area contributed by atoms with Crippen molar-refractivity contribution in [2.75, 3.05) is 19.0 Å². The molecule has 2 aromatic carbocycles. The number of anilines is 1. The SMILES string of the molecule is COc1ccc(NC(N)=NCCCCC(=O)OCc2ccccc2)cc1. The van der Waals surface area contributed by atoms with Crippen LogP contribution in [0.15, 0.2) is 59.6 Å². The Hall–Kier alpha value is -3.02. The second-order valence-corrected chi connectivity index (χ2v) is 5.72. The maximum atomic E-state index is 11.7. The third-order valence-electron chi connectivity index (χ3n) is 3.68. The fourth-order valence-electron chi connectivity index (χ4n) is 2.25. The molecule has 6 nitrogen and oxygen atoms in total. The number of nitrogens with one attached hydrogen (secondary N) is 1. The molecule has 0 aliphatic rings. The van der Waals surface area contributed by atoms with E-state index in [0.29, 0.717) is 32.0 Å². The van der Waals surface area contributed by atoms with Crippen LogP contribution in [0, 0.1) is 0 Å². The van der Waals surface area contributed by atoms with E-state index in [1.54, 1.807) is 7.11 Å². The second-order valence-electron chi connectivity index (χ2n) is 5.72. The van der Waals surface area contributed by atoms with Crippen LogP contribution < -0.4 is 15.8 Å². The number of aliphatic imine (C=N–C) groups is 1. The molecule has 6 heteroatoms. The van der Waals surface area contributed by atoms with Gasteiger partial charge in [0.05, 0.1) is 7.11 Å². The Labute approximate surface area is 154 Å². The highest BCUT2D eigenvalue weighted by Gasteiger charge is 2.03. The molecule has 0 radical (unpaired) electrons. The smallest absolute Gasteiger partial charge is 0.306 e. The van der Waals surface area contributed by atoms with Gasteiger partial charge in [0.1, 0.15) is 12.4 Å². The first-order valence-corrected chi connectivity index (χ1v) is 8.58. The van der Waals surface area contributed by atoms with Gasteiger partial charge in [-0.1, -0.05) is 30.3 Å². The predicted molar refractivity (Wildman–Crippen MR) is 103 cm³/mol. The normalized spacial score (nSPS) is 11.0. The third kappa shape index (κ3) is 7.25. The number of esters is 1. The van der Waals surface area contributed by atoms with E-state index >= 15 is 0 Å². The molecule has 0 atom stereocenters. The van der Waals surface area contributed by atoms with Crippen LogP contribution in [-0.4, -0.2) is 25.6 Å². The zero-order chi connectivity index (χ0) is 18.6. The van der Waals surface area contributed by atoms with Gasteiger partial charge in [0.15, 0.2) is 5.96 Å². The van der Waals surface area contributed by atoms with Gasteiger partial charge in [-0.3, -0.25) is 9.79 Å². The Morgan fingerprint density at radius 3 is 2.50 bits per heavy atom. The summed E-state index contributed by atoms with van der Waals surface area (Å²) in [5.41, 5.74) is 7.68. The second kappa shape index (κ2) is 10.8. The highest BCUT2D eigenvalue weighted by Crippen LogP contribution is 2.14. The molecule has 0 fully saturated rings. The van der Waals surface area contributed by atoms with E-state index in [1.165, 1.54) is 0 Å². The van der Waals surface area contributed by atoms with Crippen LogP contribution in [-0.2, 0) is 16.1 Å². The summed E-state index contributed by atoms with van der Waals surface area (Å²) in [5.74, 6) is 0.939. The maximum Gasteiger partial charge on any atom is 0.306 e. The average molecular weight is 355 g/mol. The quantitative estimate of drug-likeness (QED) is 0.312. The lowest BCUT2D eigenvalue weighted by atomic mass is 10.2. The lowest BCUT2D eigenvalue weighted by molar-refractivity contribution is -0.145. The highest BCUT2D eigenvalue weighted by molar-refractivity contribution is 5.92. The van der Waals surface area contributed by atoms with Crippen molar-refractivity contribution in [2.24, 2.45) is 10.7 Å². The molecular formula is C20H25N3O3. The fraction of sp³-hybridized carbons (Fsp3) is 0.300. The lowest BCUT2D eigenvalue weighted by Crippen LogP contribution is -2.22. The molecule has 138 valence electrons. The van der Waals surface area contributed by atoms with E-state index in [4.69, 9.17) is 15.2 Å². The zero-order valence-corrected chi connectivity index (χ0v) is 15.0. The van der Waals surface area contributed by atoms with Crippen LogP contribution in [0.25, 0.3) is 0 Å². The van der Waals surface area contributed by atoms with E-state index in [1.807, 2.05) is 54.6 Å². The molecule has 0 saturated heterocycles. The van der Waals surface area contributed by atoms with Crippen molar-refractivity contribution in [3.8, 4) is 5.75 Å². The number of unbranched alkanes of at least 4 members (excludes halogenated alkanes) is 1. The molecule has 0 unspecified atom stereocenters. The fourth-order valence-corrected chi connectivity index (χ4v) is 2.25. The largest absolute Gasteiger partial charge is 0.497 e. The van der Waals surface area contributed by atoms with Gasteiger partial charge in [-0.2, -0.15) is 0 Å². The maximum absolute atomic E-state index is 11.7. The van der Waals surface area contributed by atoms with Gasteiger partial charge in [-0.05, 0) is 42.7 Å². The number of benzene rings is 2. The summed E-state index contributed by atoms with van der Waals surface area (Å²) in [5, 5.41) is 3.01. The highest BCUT2D eigenvalue weighted by atomic mass is 16.5. The molecule has 2 aromatic rings. The molecule has 0 aromatic heterocycles. The number of rotatable bonds is 9. The Kier molecular flexibility index (Phi) is 7.99. The Bertz CT molecular complexity index is 700. The van der Waals surface area contributed by atoms with Crippen molar-refractivity contribution in [3.63, 3.8) is 0 Å². The monoisotopic (exact) mass is 355 g/mol. The van der Waals surface area contributed by atoms with Crippen LogP contribution in [0.5, 0.6) is 5.75 Å². The number of carbonyl (C=O) groups is 1. The molecular weight excluding hydrogens is 330 g/mol. The van der Waals surface area contributed by atoms with Crippen LogP contribution in [0.4, 0.5) is 5.69 Å². The summed E-state index contributed by atoms with van der Waals surface area (Å²) in [4.78, 5) is 16.0. The summed E-state index contributed by atoms with van der Waals surface area (Å²) < 4.78 is 10.3. The van der Waals surface area contributed by atoms with Crippen LogP contribution in [0.1, 0.15) is 24.8 Å². The van der Waals surface area contributed by atoms with Crippen molar-refractivity contribution in [3.05, 3.63) is 60.2 Å². The van der Waals surface area contributed by atoms with E-state index in [-0.39, 0.29) is 5.97 Å². The first-order valence-electron chi connectivity index (χ1n) is 8.58. The van der Waals surface area contributed by atoms with E-state index in [0.717, 1.165) is 23.4 Å². The summed E-state index contributed by atoms with van der Waals surface area (Å²) in [6, 6.07) is 17.1. The van der Waals surface area contributed by atoms with Gasteiger partial charge in [0.2, 0.25) is 0 Å². The number of nitrogens with zero attached hydrogens (tertiary/aromatic N) is 1. The minimum atomic E-state index is -0.192. The van der Waals surface area contributed by atoms with E-state index in [9.17, 15) is 4.79 Å². The standard InChI is InChI=1S/C20H25N3O3/c1-25-18-12-10-17(11-13-18)23-20(21)22-14-6-5-9-19(24)26-15-16-7-3-2-4-8-16/h2-4,7-8,10-13H,5-6,9,14-15H2,1H3,(H3,21,22,23). The van der Waals surface area contributed by atoms with Crippen molar-refractivity contribution in [1.82, 2.24) is 0 Å². The molecule has 3 N–H and O–H groups in total. The molecule has 0 aliphatic carbocycles. The first-order chi connectivity index (χ1) is 12.7. The van der Waals surface area contributed by atoms with Gasteiger partial charge in [0.25, 0.3) is 0 Å². The number of methoxy groups -OCH3 is 1. The molecule has 0 saturated carbocycles. The third-order valence-corrected chi connectivity index (χ3v) is 3.68. The number of ether oxygens (including phenoxy) is 2. The van der Waals surface area contributed by atoms with E-state index < -0.39 is 0 Å². The Morgan fingerprint density at radius 1 is 1.08 bits per heavy atom. The molecule has 26 heavy (non-hydrogen) atoms. The molecule has 0 heterocycles. The summed E-state index contributed by atoms with van der Waals surface area (Å²) in [6.45, 7) is 0.873. The number of carbonyl (C=O) groups excluding carboxylic acids is 1. The summed E-state index contributed by atoms with van der Waals surface area (Å²) in [6.07, 6.45) is 1.87. The number of guanidine groups is 1.